The summed E-state index contributed by atoms with van der Waals surface area (Å²) >= 11 is 0. The van der Waals surface area contributed by atoms with Crippen molar-refractivity contribution in [1.29, 1.82) is 0 Å². The van der Waals surface area contributed by atoms with Gasteiger partial charge in [0.25, 0.3) is 0 Å². The average Bonchev–Trinajstić information content (AvgIpc) is 2.71. The summed E-state index contributed by atoms with van der Waals surface area (Å²) in [5.74, 6) is -0.878. The fraction of sp³-hybridized carbons (Fsp3) is 0.467. The Morgan fingerprint density at radius 3 is 2.57 bits per heavy atom. The Kier molecular flexibility index (Phi) is 4.47. The number of aliphatic carboxylic acids is 1. The van der Waals surface area contributed by atoms with Gasteiger partial charge in [0, 0.05) is 12.3 Å². The second kappa shape index (κ2) is 6.13. The lowest BCUT2D eigenvalue weighted by Gasteiger charge is -2.28. The lowest BCUT2D eigenvalue weighted by atomic mass is 9.95. The molecular weight excluding hydrogens is 272 g/mol. The molecule has 1 fully saturated rings. The number of benzene rings is 1. The quantitative estimate of drug-likeness (QED) is 0.792. The molecule has 2 amide bonds. The molecule has 1 aromatic rings. The van der Waals surface area contributed by atoms with E-state index >= 15 is 0 Å². The molecule has 0 spiro atoms. The first kappa shape index (κ1) is 15.3. The summed E-state index contributed by atoms with van der Waals surface area (Å²) < 4.78 is 5.47. The van der Waals surface area contributed by atoms with Crippen LogP contribution in [0.15, 0.2) is 24.3 Å². The molecule has 1 aromatic carbocycles. The van der Waals surface area contributed by atoms with Crippen LogP contribution in [0.2, 0.25) is 0 Å². The maximum absolute atomic E-state index is 12.0. The van der Waals surface area contributed by atoms with Gasteiger partial charge in [-0.3, -0.25) is 4.79 Å². The van der Waals surface area contributed by atoms with E-state index in [-0.39, 0.29) is 24.1 Å². The summed E-state index contributed by atoms with van der Waals surface area (Å²) in [6, 6.07) is 6.46. The lowest BCUT2D eigenvalue weighted by Crippen LogP contribution is -2.52. The van der Waals surface area contributed by atoms with Crippen LogP contribution < -0.4 is 10.6 Å². The van der Waals surface area contributed by atoms with Crippen molar-refractivity contribution in [3.8, 4) is 0 Å². The van der Waals surface area contributed by atoms with Crippen LogP contribution in [0.3, 0.4) is 0 Å². The molecule has 6 heteroatoms. The Morgan fingerprint density at radius 2 is 2.05 bits per heavy atom. The van der Waals surface area contributed by atoms with Crippen LogP contribution in [0.25, 0.3) is 0 Å². The zero-order valence-corrected chi connectivity index (χ0v) is 12.2. The molecule has 0 saturated carbocycles. The third-order valence-corrected chi connectivity index (χ3v) is 3.85. The van der Waals surface area contributed by atoms with E-state index in [1.165, 1.54) is 0 Å². The molecule has 1 heterocycles. The number of urea groups is 1. The lowest BCUT2D eigenvalue weighted by molar-refractivity contribution is -0.136. The van der Waals surface area contributed by atoms with Gasteiger partial charge in [-0.05, 0) is 38.0 Å². The minimum Gasteiger partial charge on any atom is -0.481 e. The number of carbonyl (C=O) groups is 2. The van der Waals surface area contributed by atoms with Gasteiger partial charge in [0.1, 0.15) is 0 Å². The van der Waals surface area contributed by atoms with Crippen molar-refractivity contribution < 1.29 is 19.4 Å². The molecule has 2 unspecified atom stereocenters. The number of anilines is 1. The van der Waals surface area contributed by atoms with E-state index in [2.05, 4.69) is 10.6 Å². The Hall–Kier alpha value is -2.08. The van der Waals surface area contributed by atoms with Crippen molar-refractivity contribution in [3.63, 3.8) is 0 Å². The summed E-state index contributed by atoms with van der Waals surface area (Å²) in [5.41, 5.74) is 0.947. The molecular formula is C15H20N2O4. The molecule has 2 atom stereocenters. The van der Waals surface area contributed by atoms with E-state index in [0.29, 0.717) is 17.9 Å². The maximum atomic E-state index is 12.0. The van der Waals surface area contributed by atoms with Crippen LogP contribution in [-0.4, -0.2) is 35.4 Å². The van der Waals surface area contributed by atoms with E-state index in [0.717, 1.165) is 6.42 Å². The first-order valence-electron chi connectivity index (χ1n) is 6.90. The van der Waals surface area contributed by atoms with Crippen molar-refractivity contribution in [2.45, 2.75) is 38.3 Å². The maximum Gasteiger partial charge on any atom is 0.319 e. The molecule has 21 heavy (non-hydrogen) atoms. The fourth-order valence-electron chi connectivity index (χ4n) is 2.30. The van der Waals surface area contributed by atoms with E-state index in [1.807, 2.05) is 13.8 Å². The standard InChI is InChI=1S/C15H20N2O4/c1-10-15(2,7-8-21-10)17-14(20)16-12-5-3-11(4-6-12)9-13(18)19/h3-6,10H,7-9H2,1-2H3,(H,18,19)(H2,16,17,20). The normalized spacial score (nSPS) is 24.6. The average molecular weight is 292 g/mol. The highest BCUT2D eigenvalue weighted by Crippen LogP contribution is 2.25. The first-order valence-corrected chi connectivity index (χ1v) is 6.90. The number of carboxylic acids is 1. The first-order chi connectivity index (χ1) is 9.89. The zero-order chi connectivity index (χ0) is 15.5. The molecule has 1 aliphatic heterocycles. The Bertz CT molecular complexity index is 529. The summed E-state index contributed by atoms with van der Waals surface area (Å²) in [6.45, 7) is 4.54. The molecule has 0 aromatic heterocycles. The van der Waals surface area contributed by atoms with Gasteiger partial charge in [-0.2, -0.15) is 0 Å². The Balaban J connectivity index is 1.92. The van der Waals surface area contributed by atoms with Gasteiger partial charge in [-0.1, -0.05) is 12.1 Å². The van der Waals surface area contributed by atoms with Crippen molar-refractivity contribution in [1.82, 2.24) is 5.32 Å². The molecule has 0 bridgehead atoms. The molecule has 114 valence electrons. The van der Waals surface area contributed by atoms with Crippen LogP contribution in [0.4, 0.5) is 10.5 Å². The monoisotopic (exact) mass is 292 g/mol. The number of hydrogen-bond donors (Lipinski definition) is 3. The molecule has 1 saturated heterocycles. The minimum atomic E-state index is -0.878. The van der Waals surface area contributed by atoms with Gasteiger partial charge in [0.15, 0.2) is 0 Å². The van der Waals surface area contributed by atoms with E-state index in [4.69, 9.17) is 9.84 Å². The molecule has 2 rings (SSSR count). The fourth-order valence-corrected chi connectivity index (χ4v) is 2.30. The number of amides is 2. The highest BCUT2D eigenvalue weighted by atomic mass is 16.5. The molecule has 1 aliphatic rings. The highest BCUT2D eigenvalue weighted by molar-refractivity contribution is 5.89. The van der Waals surface area contributed by atoms with Gasteiger partial charge in [0.05, 0.1) is 18.1 Å². The van der Waals surface area contributed by atoms with Crippen LogP contribution in [0.1, 0.15) is 25.8 Å². The summed E-state index contributed by atoms with van der Waals surface area (Å²) in [5, 5.41) is 14.4. The molecule has 3 N–H and O–H groups in total. The van der Waals surface area contributed by atoms with E-state index < -0.39 is 5.97 Å². The predicted molar refractivity (Wildman–Crippen MR) is 78.4 cm³/mol. The number of rotatable bonds is 4. The van der Waals surface area contributed by atoms with Crippen LogP contribution in [-0.2, 0) is 16.0 Å². The van der Waals surface area contributed by atoms with Crippen LogP contribution in [0.5, 0.6) is 0 Å². The number of nitrogens with one attached hydrogen (secondary N) is 2. The predicted octanol–water partition coefficient (Wildman–Crippen LogP) is 2.00. The number of carboxylic acid groups (broad SMARTS) is 1. The van der Waals surface area contributed by atoms with Crippen molar-refractivity contribution >= 4 is 17.7 Å². The molecule has 0 radical (unpaired) electrons. The van der Waals surface area contributed by atoms with Gasteiger partial charge in [-0.15, -0.1) is 0 Å². The summed E-state index contributed by atoms with van der Waals surface area (Å²) in [6.07, 6.45) is 0.722. The van der Waals surface area contributed by atoms with Gasteiger partial charge >= 0.3 is 12.0 Å². The van der Waals surface area contributed by atoms with Gasteiger partial charge < -0.3 is 20.5 Å². The SMILES string of the molecule is CC1OCCC1(C)NC(=O)Nc1ccc(CC(=O)O)cc1. The Morgan fingerprint density at radius 1 is 1.38 bits per heavy atom. The minimum absolute atomic E-state index is 0.0267. The second-order valence-electron chi connectivity index (χ2n) is 5.53. The van der Waals surface area contributed by atoms with Crippen LogP contribution >= 0.6 is 0 Å². The van der Waals surface area contributed by atoms with E-state index in [1.54, 1.807) is 24.3 Å². The topological polar surface area (TPSA) is 87.7 Å². The summed E-state index contributed by atoms with van der Waals surface area (Å²) in [7, 11) is 0. The Labute approximate surface area is 123 Å². The third-order valence-electron chi connectivity index (χ3n) is 3.85. The molecule has 0 aliphatic carbocycles. The second-order valence-corrected chi connectivity index (χ2v) is 5.53. The summed E-state index contributed by atoms with van der Waals surface area (Å²) in [4.78, 5) is 22.6. The van der Waals surface area contributed by atoms with Crippen molar-refractivity contribution in [2.75, 3.05) is 11.9 Å². The smallest absolute Gasteiger partial charge is 0.319 e. The molecule has 6 nitrogen and oxygen atoms in total. The number of ether oxygens (including phenoxy) is 1. The number of carbonyl (C=O) groups excluding carboxylic acids is 1. The highest BCUT2D eigenvalue weighted by Gasteiger charge is 2.38. The van der Waals surface area contributed by atoms with Gasteiger partial charge in [-0.25, -0.2) is 4.79 Å². The van der Waals surface area contributed by atoms with Gasteiger partial charge in [0.2, 0.25) is 0 Å². The van der Waals surface area contributed by atoms with Crippen molar-refractivity contribution in [3.05, 3.63) is 29.8 Å². The van der Waals surface area contributed by atoms with Crippen molar-refractivity contribution in [2.24, 2.45) is 0 Å². The zero-order valence-electron chi connectivity index (χ0n) is 12.2. The number of hydrogen-bond acceptors (Lipinski definition) is 3. The van der Waals surface area contributed by atoms with Crippen LogP contribution in [0, 0.1) is 0 Å². The third kappa shape index (κ3) is 3.95. The largest absolute Gasteiger partial charge is 0.481 e. The van der Waals surface area contributed by atoms with E-state index in [9.17, 15) is 9.59 Å².